The molecule has 5 aliphatic rings. The molecule has 1 aliphatic heterocycles. The van der Waals surface area contributed by atoms with E-state index in [-0.39, 0.29) is 34.6 Å². The third kappa shape index (κ3) is 1.42. The Morgan fingerprint density at radius 1 is 1.17 bits per heavy atom. The Labute approximate surface area is 136 Å². The van der Waals surface area contributed by atoms with Gasteiger partial charge in [0.15, 0.2) is 5.78 Å². The first-order valence-corrected chi connectivity index (χ1v) is 9.03. The summed E-state index contributed by atoms with van der Waals surface area (Å²) in [6, 6.07) is 0. The summed E-state index contributed by atoms with van der Waals surface area (Å²) in [5.41, 5.74) is -0.507. The van der Waals surface area contributed by atoms with Crippen LogP contribution in [0.4, 0.5) is 0 Å². The quantitative estimate of drug-likeness (QED) is 0.744. The predicted molar refractivity (Wildman–Crippen MR) is 82.6 cm³/mol. The number of aliphatic hydroxyl groups is 1. The van der Waals surface area contributed by atoms with Crippen LogP contribution in [0.2, 0.25) is 0 Å². The number of hydrogen-bond acceptors (Lipinski definition) is 4. The van der Waals surface area contributed by atoms with Crippen molar-refractivity contribution in [1.29, 1.82) is 0 Å². The molecule has 6 atom stereocenters. The number of Topliss-reactive ketones (excluding diaryl/α,β-unsaturated/α-hetero) is 1. The maximum atomic E-state index is 12.6. The van der Waals surface area contributed by atoms with Crippen molar-refractivity contribution in [3.8, 4) is 0 Å². The lowest BCUT2D eigenvalue weighted by Gasteiger charge is -2.61. The fourth-order valence-corrected chi connectivity index (χ4v) is 6.85. The fraction of sp³-hybridized carbons (Fsp3) is 0.789. The van der Waals surface area contributed by atoms with Gasteiger partial charge < -0.3 is 9.84 Å². The maximum absolute atomic E-state index is 12.6. The van der Waals surface area contributed by atoms with E-state index >= 15 is 0 Å². The molecule has 1 spiro atoms. The van der Waals surface area contributed by atoms with Crippen LogP contribution >= 0.6 is 0 Å². The Bertz CT molecular complexity index is 652. The second-order valence-electron chi connectivity index (χ2n) is 8.67. The topological polar surface area (TPSA) is 63.6 Å². The number of hydrogen-bond donors (Lipinski definition) is 1. The van der Waals surface area contributed by atoms with Crippen molar-refractivity contribution < 1.29 is 19.4 Å². The van der Waals surface area contributed by atoms with Gasteiger partial charge in [-0.05, 0) is 50.0 Å². The summed E-state index contributed by atoms with van der Waals surface area (Å²) >= 11 is 0. The minimum Gasteiger partial charge on any atom is -0.386 e. The van der Waals surface area contributed by atoms with Crippen molar-refractivity contribution in [3.63, 3.8) is 0 Å². The minimum absolute atomic E-state index is 0.130. The van der Waals surface area contributed by atoms with E-state index in [1.165, 1.54) is 0 Å². The fourth-order valence-electron chi connectivity index (χ4n) is 6.85. The molecule has 1 N–H and O–H groups in total. The van der Waals surface area contributed by atoms with E-state index in [0.717, 1.165) is 24.8 Å². The van der Waals surface area contributed by atoms with E-state index in [1.807, 2.05) is 0 Å². The summed E-state index contributed by atoms with van der Waals surface area (Å²) in [7, 11) is 0. The normalized spacial score (nSPS) is 54.3. The molecule has 4 heteroatoms. The van der Waals surface area contributed by atoms with E-state index < -0.39 is 5.60 Å². The smallest absolute Gasteiger partial charge is 0.155 e. The van der Waals surface area contributed by atoms with Crippen LogP contribution in [0.1, 0.15) is 51.9 Å². The zero-order chi connectivity index (χ0) is 16.0. The van der Waals surface area contributed by atoms with Crippen molar-refractivity contribution in [2.45, 2.75) is 63.6 Å². The van der Waals surface area contributed by atoms with Gasteiger partial charge in [0.05, 0.1) is 18.1 Å². The minimum atomic E-state index is -0.924. The van der Waals surface area contributed by atoms with Crippen LogP contribution in [0, 0.1) is 22.7 Å². The number of carbonyl (C=O) groups is 2. The van der Waals surface area contributed by atoms with Gasteiger partial charge in [-0.15, -0.1) is 0 Å². The Morgan fingerprint density at radius 3 is 2.78 bits per heavy atom. The molecular weight excluding hydrogens is 292 g/mol. The molecule has 0 radical (unpaired) electrons. The van der Waals surface area contributed by atoms with Crippen LogP contribution in [0.3, 0.4) is 0 Å². The highest BCUT2D eigenvalue weighted by Crippen LogP contribution is 2.69. The molecule has 0 amide bonds. The van der Waals surface area contributed by atoms with E-state index in [4.69, 9.17) is 4.74 Å². The number of fused-ring (bicyclic) bond motifs is 6. The van der Waals surface area contributed by atoms with Gasteiger partial charge in [0.25, 0.3) is 0 Å². The lowest BCUT2D eigenvalue weighted by Crippen LogP contribution is -2.67. The molecule has 1 heterocycles. The maximum Gasteiger partial charge on any atom is 0.155 e. The van der Waals surface area contributed by atoms with Crippen LogP contribution in [0.25, 0.3) is 0 Å². The Morgan fingerprint density at radius 2 is 1.96 bits per heavy atom. The monoisotopic (exact) mass is 316 g/mol. The van der Waals surface area contributed by atoms with Crippen molar-refractivity contribution in [1.82, 2.24) is 0 Å². The lowest BCUT2D eigenvalue weighted by molar-refractivity contribution is -0.215. The van der Waals surface area contributed by atoms with E-state index in [0.29, 0.717) is 38.1 Å². The van der Waals surface area contributed by atoms with E-state index in [1.54, 1.807) is 6.08 Å². The lowest BCUT2D eigenvalue weighted by atomic mass is 9.45. The molecule has 2 bridgehead atoms. The summed E-state index contributed by atoms with van der Waals surface area (Å²) in [6.45, 7) is 2.62. The van der Waals surface area contributed by atoms with Gasteiger partial charge in [-0.1, -0.05) is 12.5 Å². The Balaban J connectivity index is 1.66. The van der Waals surface area contributed by atoms with Gasteiger partial charge in [-0.3, -0.25) is 9.59 Å². The Hall–Kier alpha value is -1.00. The van der Waals surface area contributed by atoms with Gasteiger partial charge in [0, 0.05) is 18.3 Å². The van der Waals surface area contributed by atoms with Gasteiger partial charge >= 0.3 is 0 Å². The van der Waals surface area contributed by atoms with Gasteiger partial charge in [-0.2, -0.15) is 0 Å². The molecule has 23 heavy (non-hydrogen) atoms. The van der Waals surface area contributed by atoms with Crippen molar-refractivity contribution in [3.05, 3.63) is 11.6 Å². The second-order valence-corrected chi connectivity index (χ2v) is 8.67. The molecule has 0 aromatic heterocycles. The van der Waals surface area contributed by atoms with Crippen LogP contribution < -0.4 is 0 Å². The van der Waals surface area contributed by atoms with Crippen molar-refractivity contribution in [2.24, 2.45) is 22.7 Å². The first kappa shape index (κ1) is 14.4. The van der Waals surface area contributed by atoms with Gasteiger partial charge in [-0.25, -0.2) is 0 Å². The summed E-state index contributed by atoms with van der Waals surface area (Å²) in [4.78, 5) is 24.4. The molecule has 0 unspecified atom stereocenters. The average Bonchev–Trinajstić information content (AvgIpc) is 3.08. The van der Waals surface area contributed by atoms with Crippen LogP contribution in [0.15, 0.2) is 11.6 Å². The second kappa shape index (κ2) is 4.15. The summed E-state index contributed by atoms with van der Waals surface area (Å²) in [5.74, 6) is 0.936. The van der Waals surface area contributed by atoms with E-state index in [9.17, 15) is 14.7 Å². The summed E-state index contributed by atoms with van der Waals surface area (Å²) < 4.78 is 6.08. The predicted octanol–water partition coefficient (Wildman–Crippen LogP) is 2.19. The highest BCUT2D eigenvalue weighted by atomic mass is 16.5. The third-order valence-electron chi connectivity index (χ3n) is 8.11. The van der Waals surface area contributed by atoms with Crippen LogP contribution in [-0.4, -0.2) is 35.0 Å². The molecule has 4 nitrogen and oxygen atoms in total. The molecule has 3 saturated carbocycles. The zero-order valence-electron chi connectivity index (χ0n) is 13.6. The zero-order valence-corrected chi connectivity index (χ0v) is 13.6. The number of ether oxygens (including phenoxy) is 1. The molecule has 124 valence electrons. The highest BCUT2D eigenvalue weighted by Gasteiger charge is 2.73. The Kier molecular flexibility index (Phi) is 2.59. The van der Waals surface area contributed by atoms with Gasteiger partial charge in [0.2, 0.25) is 0 Å². The van der Waals surface area contributed by atoms with Crippen molar-refractivity contribution >= 4 is 11.6 Å². The van der Waals surface area contributed by atoms with Crippen LogP contribution in [0.5, 0.6) is 0 Å². The first-order chi connectivity index (χ1) is 10.9. The molecule has 4 aliphatic carbocycles. The first-order valence-electron chi connectivity index (χ1n) is 9.03. The number of rotatable bonds is 0. The molecule has 1 saturated heterocycles. The largest absolute Gasteiger partial charge is 0.386 e. The van der Waals surface area contributed by atoms with Crippen molar-refractivity contribution in [2.75, 3.05) is 6.61 Å². The average molecular weight is 316 g/mol. The molecule has 0 aromatic rings. The summed E-state index contributed by atoms with van der Waals surface area (Å²) in [6.07, 6.45) is 6.73. The summed E-state index contributed by atoms with van der Waals surface area (Å²) in [5, 5.41) is 12.0. The third-order valence-corrected chi connectivity index (χ3v) is 8.11. The van der Waals surface area contributed by atoms with Crippen LogP contribution in [-0.2, 0) is 14.3 Å². The van der Waals surface area contributed by atoms with E-state index in [2.05, 4.69) is 6.92 Å². The highest BCUT2D eigenvalue weighted by molar-refractivity contribution is 5.92. The molecule has 5 rings (SSSR count). The van der Waals surface area contributed by atoms with Gasteiger partial charge in [0.1, 0.15) is 11.4 Å². The molecule has 4 fully saturated rings. The number of carbonyl (C=O) groups excluding carboxylic acids is 2. The SMILES string of the molecule is C[C@]12CCC(=O)C=C1CC[C@H]1[C@@H]3CCC(=O)[C@]34CO[C@@H](C4)[C@@]12O. The molecule has 0 aromatic carbocycles. The standard InChI is InChI=1S/C19H24O4/c1-17-7-6-12(20)8-11(17)2-3-14-13-4-5-15(21)18(13)9-16(23-10-18)19(14,17)22/h8,13-14,16,22H,2-7,9-10H2,1H3/t13-,14-,16-,17-,18+,19-/m0/s1. The number of ketones is 2. The molecular formula is C19H24O4.